The van der Waals surface area contributed by atoms with Gasteiger partial charge in [0.05, 0.1) is 5.69 Å². The number of aromatic nitrogens is 3. The molecule has 68 valence electrons. The van der Waals surface area contributed by atoms with E-state index in [1.807, 2.05) is 19.2 Å². The molecule has 0 radical (unpaired) electrons. The van der Waals surface area contributed by atoms with Gasteiger partial charge < -0.3 is 0 Å². The number of thiazole rings is 1. The number of nitrogens with zero attached hydrogens (tertiary/aromatic N) is 3. The highest BCUT2D eigenvalue weighted by Gasteiger charge is 2.11. The minimum Gasteiger partial charge on any atom is -0.227 e. The molecule has 3 nitrogen and oxygen atoms in total. The molecule has 0 saturated heterocycles. The van der Waals surface area contributed by atoms with Gasteiger partial charge in [0, 0.05) is 17.1 Å². The monoisotopic (exact) mass is 213 g/mol. The van der Waals surface area contributed by atoms with Gasteiger partial charge in [0.25, 0.3) is 0 Å². The fourth-order valence-corrected chi connectivity index (χ4v) is 1.93. The number of aryl methyl sites for hydroxylation is 1. The van der Waals surface area contributed by atoms with E-state index in [9.17, 15) is 0 Å². The second kappa shape index (κ2) is 3.12. The van der Waals surface area contributed by atoms with Gasteiger partial charge in [-0.15, -0.1) is 11.3 Å². The Morgan fingerprint density at radius 2 is 2.23 bits per heavy atom. The zero-order chi connectivity index (χ0) is 9.42. The van der Waals surface area contributed by atoms with E-state index in [2.05, 4.69) is 10.1 Å². The summed E-state index contributed by atoms with van der Waals surface area (Å²) in [5.41, 5.74) is 1.96. The minimum absolute atomic E-state index is 0.646. The molecule has 0 spiro atoms. The smallest absolute Gasteiger partial charge is 0.211 e. The van der Waals surface area contributed by atoms with Crippen LogP contribution in [0.25, 0.3) is 5.13 Å². The molecule has 5 heteroatoms. The van der Waals surface area contributed by atoms with Crippen molar-refractivity contribution in [1.29, 1.82) is 0 Å². The Labute approximate surface area is 85.0 Å². The van der Waals surface area contributed by atoms with E-state index in [0.29, 0.717) is 5.15 Å². The molecule has 2 aromatic rings. The predicted molar refractivity (Wildman–Crippen MR) is 53.7 cm³/mol. The molecule has 0 fully saturated rings. The molecule has 0 aromatic carbocycles. The molecule has 0 unspecified atom stereocenters. The van der Waals surface area contributed by atoms with Crippen molar-refractivity contribution in [2.45, 2.75) is 13.8 Å². The molecule has 0 amide bonds. The lowest BCUT2D eigenvalue weighted by Crippen LogP contribution is -1.95. The normalized spacial score (nSPS) is 10.7. The first kappa shape index (κ1) is 8.72. The van der Waals surface area contributed by atoms with E-state index >= 15 is 0 Å². The molecular formula is C8H8ClN3S. The number of rotatable bonds is 1. The Balaban J connectivity index is 2.59. The van der Waals surface area contributed by atoms with Crippen LogP contribution in [0.15, 0.2) is 11.6 Å². The van der Waals surface area contributed by atoms with Crippen LogP contribution in [-0.2, 0) is 0 Å². The first-order valence-electron chi connectivity index (χ1n) is 3.81. The molecule has 2 rings (SSSR count). The van der Waals surface area contributed by atoms with E-state index in [0.717, 1.165) is 16.4 Å². The van der Waals surface area contributed by atoms with Crippen molar-refractivity contribution in [3.63, 3.8) is 0 Å². The summed E-state index contributed by atoms with van der Waals surface area (Å²) in [7, 11) is 0. The van der Waals surface area contributed by atoms with Gasteiger partial charge in [0.2, 0.25) is 5.13 Å². The summed E-state index contributed by atoms with van der Waals surface area (Å²) in [5.74, 6) is 0. The van der Waals surface area contributed by atoms with E-state index < -0.39 is 0 Å². The summed E-state index contributed by atoms with van der Waals surface area (Å²) in [5, 5.41) is 7.64. The van der Waals surface area contributed by atoms with Crippen molar-refractivity contribution in [2.75, 3.05) is 0 Å². The predicted octanol–water partition coefficient (Wildman–Crippen LogP) is 2.60. The first-order chi connectivity index (χ1) is 6.20. The largest absolute Gasteiger partial charge is 0.227 e. The van der Waals surface area contributed by atoms with Crippen LogP contribution < -0.4 is 0 Å². The van der Waals surface area contributed by atoms with Crippen LogP contribution in [0.2, 0.25) is 5.15 Å². The van der Waals surface area contributed by atoms with E-state index in [-0.39, 0.29) is 0 Å². The van der Waals surface area contributed by atoms with Crippen molar-refractivity contribution in [3.8, 4) is 5.13 Å². The summed E-state index contributed by atoms with van der Waals surface area (Å²) in [4.78, 5) is 4.14. The molecule has 2 aromatic heterocycles. The van der Waals surface area contributed by atoms with Crippen LogP contribution >= 0.6 is 22.9 Å². The molecule has 0 aliphatic rings. The van der Waals surface area contributed by atoms with Gasteiger partial charge in [0.1, 0.15) is 5.15 Å². The zero-order valence-electron chi connectivity index (χ0n) is 7.28. The second-order valence-electron chi connectivity index (χ2n) is 2.73. The Bertz CT molecular complexity index is 419. The highest BCUT2D eigenvalue weighted by atomic mass is 35.5. The molecule has 0 aliphatic heterocycles. The molecule has 0 N–H and O–H groups in total. The lowest BCUT2D eigenvalue weighted by Gasteiger charge is -1.95. The zero-order valence-corrected chi connectivity index (χ0v) is 8.85. The fourth-order valence-electron chi connectivity index (χ4n) is 1.02. The van der Waals surface area contributed by atoms with Gasteiger partial charge in [-0.25, -0.2) is 4.98 Å². The van der Waals surface area contributed by atoms with Gasteiger partial charge in [-0.3, -0.25) is 0 Å². The molecule has 0 bridgehead atoms. The van der Waals surface area contributed by atoms with Crippen molar-refractivity contribution in [1.82, 2.24) is 14.8 Å². The second-order valence-corrected chi connectivity index (χ2v) is 3.96. The van der Waals surface area contributed by atoms with Crippen LogP contribution in [0.4, 0.5) is 0 Å². The van der Waals surface area contributed by atoms with Crippen LogP contribution in [0, 0.1) is 13.8 Å². The summed E-state index contributed by atoms with van der Waals surface area (Å²) in [6.07, 6.45) is 1.74. The minimum atomic E-state index is 0.646. The van der Waals surface area contributed by atoms with E-state index in [1.165, 1.54) is 11.3 Å². The lowest BCUT2D eigenvalue weighted by atomic mass is 10.3. The van der Waals surface area contributed by atoms with Crippen LogP contribution in [0.5, 0.6) is 0 Å². The molecule has 0 aliphatic carbocycles. The molecule has 0 atom stereocenters. The van der Waals surface area contributed by atoms with Gasteiger partial charge in [-0.05, 0) is 13.8 Å². The molecule has 0 saturated carbocycles. The standard InChI is InChI=1S/C8H8ClN3S/c1-5-6(2)11-12(7(5)9)8-10-3-4-13-8/h3-4H,1-2H3. The van der Waals surface area contributed by atoms with Crippen molar-refractivity contribution >= 4 is 22.9 Å². The average Bonchev–Trinajstić information content (AvgIpc) is 2.70. The quantitative estimate of drug-likeness (QED) is 0.729. The Morgan fingerprint density at radius 3 is 2.69 bits per heavy atom. The number of hydrogen-bond acceptors (Lipinski definition) is 3. The highest BCUT2D eigenvalue weighted by Crippen LogP contribution is 2.23. The van der Waals surface area contributed by atoms with Crippen molar-refractivity contribution in [2.24, 2.45) is 0 Å². The van der Waals surface area contributed by atoms with Gasteiger partial charge in [-0.1, -0.05) is 11.6 Å². The summed E-state index contributed by atoms with van der Waals surface area (Å²) in [6, 6.07) is 0. The van der Waals surface area contributed by atoms with Crippen LogP contribution in [0.1, 0.15) is 11.3 Å². The number of hydrogen-bond donors (Lipinski definition) is 0. The Hall–Kier alpha value is -0.870. The van der Waals surface area contributed by atoms with Crippen molar-refractivity contribution < 1.29 is 0 Å². The van der Waals surface area contributed by atoms with Crippen LogP contribution in [0.3, 0.4) is 0 Å². The van der Waals surface area contributed by atoms with Gasteiger partial charge >= 0.3 is 0 Å². The summed E-state index contributed by atoms with van der Waals surface area (Å²) < 4.78 is 1.66. The molecule has 2 heterocycles. The van der Waals surface area contributed by atoms with Crippen LogP contribution in [-0.4, -0.2) is 14.8 Å². The Morgan fingerprint density at radius 1 is 1.46 bits per heavy atom. The average molecular weight is 214 g/mol. The van der Waals surface area contributed by atoms with Gasteiger partial charge in [-0.2, -0.15) is 9.78 Å². The third-order valence-electron chi connectivity index (χ3n) is 1.89. The summed E-state index contributed by atoms with van der Waals surface area (Å²) >= 11 is 7.59. The fraction of sp³-hybridized carbons (Fsp3) is 0.250. The molecule has 13 heavy (non-hydrogen) atoms. The van der Waals surface area contributed by atoms with Gasteiger partial charge in [0.15, 0.2) is 0 Å². The maximum atomic E-state index is 6.07. The topological polar surface area (TPSA) is 30.7 Å². The van der Waals surface area contributed by atoms with E-state index in [4.69, 9.17) is 11.6 Å². The lowest BCUT2D eigenvalue weighted by molar-refractivity contribution is 0.854. The van der Waals surface area contributed by atoms with Crippen molar-refractivity contribution in [3.05, 3.63) is 28.0 Å². The van der Waals surface area contributed by atoms with E-state index in [1.54, 1.807) is 10.9 Å². The third-order valence-corrected chi connectivity index (χ3v) is 3.08. The Kier molecular flexibility index (Phi) is 2.09. The first-order valence-corrected chi connectivity index (χ1v) is 5.07. The highest BCUT2D eigenvalue weighted by molar-refractivity contribution is 7.12. The SMILES string of the molecule is Cc1nn(-c2nccs2)c(Cl)c1C. The maximum absolute atomic E-state index is 6.07. The maximum Gasteiger partial charge on any atom is 0.211 e. The number of halogens is 1. The molecular weight excluding hydrogens is 206 g/mol. The third kappa shape index (κ3) is 1.36. The summed E-state index contributed by atoms with van der Waals surface area (Å²) in [6.45, 7) is 3.89.